The van der Waals surface area contributed by atoms with E-state index in [0.29, 0.717) is 5.95 Å². The van der Waals surface area contributed by atoms with Gasteiger partial charge in [-0.2, -0.15) is 0 Å². The third-order valence-electron chi connectivity index (χ3n) is 1.74. The zero-order chi connectivity index (χ0) is 9.26. The SMILES string of the molecule is Cc1cn(Cc2cncs2)c(N)n1. The summed E-state index contributed by atoms with van der Waals surface area (Å²) in [6, 6.07) is 0. The number of anilines is 1. The summed E-state index contributed by atoms with van der Waals surface area (Å²) in [5.74, 6) is 0.561. The summed E-state index contributed by atoms with van der Waals surface area (Å²) in [7, 11) is 0. The Morgan fingerprint density at radius 2 is 2.46 bits per heavy atom. The highest BCUT2D eigenvalue weighted by atomic mass is 32.1. The van der Waals surface area contributed by atoms with Gasteiger partial charge >= 0.3 is 0 Å². The summed E-state index contributed by atoms with van der Waals surface area (Å²) >= 11 is 1.62. The molecule has 13 heavy (non-hydrogen) atoms. The van der Waals surface area contributed by atoms with Crippen LogP contribution in [0.5, 0.6) is 0 Å². The van der Waals surface area contributed by atoms with Gasteiger partial charge in [-0.05, 0) is 6.92 Å². The Labute approximate surface area is 80.1 Å². The van der Waals surface area contributed by atoms with Crippen molar-refractivity contribution >= 4 is 17.3 Å². The van der Waals surface area contributed by atoms with Crippen molar-refractivity contribution in [2.75, 3.05) is 5.73 Å². The number of nitrogens with zero attached hydrogens (tertiary/aromatic N) is 3. The molecule has 0 bridgehead atoms. The zero-order valence-corrected chi connectivity index (χ0v) is 8.08. The lowest BCUT2D eigenvalue weighted by Gasteiger charge is -1.99. The second kappa shape index (κ2) is 3.18. The van der Waals surface area contributed by atoms with Crippen LogP contribution in [0.4, 0.5) is 5.95 Å². The Bertz CT molecular complexity index is 390. The first-order valence-electron chi connectivity index (χ1n) is 3.92. The molecule has 0 aliphatic heterocycles. The fraction of sp³-hybridized carbons (Fsp3) is 0.250. The minimum Gasteiger partial charge on any atom is -0.369 e. The molecule has 0 radical (unpaired) electrons. The van der Waals surface area contributed by atoms with Gasteiger partial charge in [0.2, 0.25) is 5.95 Å². The molecule has 0 aliphatic rings. The van der Waals surface area contributed by atoms with Gasteiger partial charge < -0.3 is 10.3 Å². The normalized spacial score (nSPS) is 10.5. The average molecular weight is 194 g/mol. The van der Waals surface area contributed by atoms with E-state index in [1.807, 2.05) is 29.4 Å². The second-order valence-electron chi connectivity index (χ2n) is 2.84. The van der Waals surface area contributed by atoms with E-state index in [4.69, 9.17) is 5.73 Å². The van der Waals surface area contributed by atoms with Gasteiger partial charge in [-0.15, -0.1) is 11.3 Å². The van der Waals surface area contributed by atoms with E-state index in [9.17, 15) is 0 Å². The van der Waals surface area contributed by atoms with E-state index in [2.05, 4.69) is 9.97 Å². The molecule has 0 saturated heterocycles. The summed E-state index contributed by atoms with van der Waals surface area (Å²) in [4.78, 5) is 9.30. The number of imidazole rings is 1. The van der Waals surface area contributed by atoms with E-state index >= 15 is 0 Å². The fourth-order valence-electron chi connectivity index (χ4n) is 1.18. The van der Waals surface area contributed by atoms with Crippen LogP contribution >= 0.6 is 11.3 Å². The van der Waals surface area contributed by atoms with Crippen LogP contribution in [-0.2, 0) is 6.54 Å². The van der Waals surface area contributed by atoms with Gasteiger partial charge in [0.1, 0.15) is 0 Å². The molecule has 0 fully saturated rings. The minimum atomic E-state index is 0.561. The summed E-state index contributed by atoms with van der Waals surface area (Å²) < 4.78 is 1.92. The molecule has 0 spiro atoms. The lowest BCUT2D eigenvalue weighted by atomic mass is 10.5. The summed E-state index contributed by atoms with van der Waals surface area (Å²) in [5.41, 5.74) is 8.46. The van der Waals surface area contributed by atoms with E-state index in [1.165, 1.54) is 4.88 Å². The van der Waals surface area contributed by atoms with Crippen molar-refractivity contribution in [2.45, 2.75) is 13.5 Å². The molecule has 2 heterocycles. The van der Waals surface area contributed by atoms with Crippen LogP contribution in [0.3, 0.4) is 0 Å². The number of aromatic nitrogens is 3. The summed E-state index contributed by atoms with van der Waals surface area (Å²) in [5, 5.41) is 0. The molecule has 0 aromatic carbocycles. The molecule has 0 saturated carbocycles. The van der Waals surface area contributed by atoms with Crippen LogP contribution in [0.2, 0.25) is 0 Å². The monoisotopic (exact) mass is 194 g/mol. The van der Waals surface area contributed by atoms with Crippen molar-refractivity contribution in [3.05, 3.63) is 28.5 Å². The maximum Gasteiger partial charge on any atom is 0.200 e. The number of nitrogen functional groups attached to an aromatic ring is 1. The van der Waals surface area contributed by atoms with Crippen LogP contribution in [-0.4, -0.2) is 14.5 Å². The molecule has 0 unspecified atom stereocenters. The van der Waals surface area contributed by atoms with Gasteiger partial charge in [0.15, 0.2) is 0 Å². The molecule has 0 atom stereocenters. The first-order chi connectivity index (χ1) is 6.25. The average Bonchev–Trinajstić information content (AvgIpc) is 2.63. The van der Waals surface area contributed by atoms with E-state index in [0.717, 1.165) is 12.2 Å². The quantitative estimate of drug-likeness (QED) is 0.783. The van der Waals surface area contributed by atoms with Gasteiger partial charge in [-0.25, -0.2) is 4.98 Å². The molecule has 2 rings (SSSR count). The van der Waals surface area contributed by atoms with E-state index in [-0.39, 0.29) is 0 Å². The Hall–Kier alpha value is -1.36. The molecule has 4 nitrogen and oxygen atoms in total. The predicted octanol–water partition coefficient (Wildman–Crippen LogP) is 1.28. The van der Waals surface area contributed by atoms with Gasteiger partial charge in [-0.1, -0.05) is 0 Å². The molecule has 2 N–H and O–H groups in total. The Morgan fingerprint density at radius 1 is 1.62 bits per heavy atom. The van der Waals surface area contributed by atoms with Gasteiger partial charge in [0.05, 0.1) is 17.7 Å². The van der Waals surface area contributed by atoms with Crippen LogP contribution in [0.25, 0.3) is 0 Å². The van der Waals surface area contributed by atoms with Crippen molar-refractivity contribution in [1.82, 2.24) is 14.5 Å². The maximum atomic E-state index is 5.69. The number of hydrogen-bond donors (Lipinski definition) is 1. The van der Waals surface area contributed by atoms with Crippen LogP contribution < -0.4 is 5.73 Å². The number of thiazole rings is 1. The Morgan fingerprint density at radius 3 is 3.00 bits per heavy atom. The molecular weight excluding hydrogens is 184 g/mol. The molecular formula is C8H10N4S. The maximum absolute atomic E-state index is 5.69. The highest BCUT2D eigenvalue weighted by Crippen LogP contribution is 2.11. The number of hydrogen-bond acceptors (Lipinski definition) is 4. The van der Waals surface area contributed by atoms with Crippen LogP contribution in [0.15, 0.2) is 17.9 Å². The standard InChI is InChI=1S/C8H10N4S/c1-6-3-12(8(9)11-6)4-7-2-10-5-13-7/h2-3,5H,4H2,1H3,(H2,9,11). The van der Waals surface area contributed by atoms with Crippen molar-refractivity contribution in [2.24, 2.45) is 0 Å². The van der Waals surface area contributed by atoms with Crippen molar-refractivity contribution < 1.29 is 0 Å². The zero-order valence-electron chi connectivity index (χ0n) is 7.27. The first-order valence-corrected chi connectivity index (χ1v) is 4.80. The lowest BCUT2D eigenvalue weighted by Crippen LogP contribution is -2.02. The van der Waals surface area contributed by atoms with Crippen LogP contribution in [0, 0.1) is 6.92 Å². The predicted molar refractivity (Wildman–Crippen MR) is 52.6 cm³/mol. The Kier molecular flexibility index (Phi) is 2.02. The second-order valence-corrected chi connectivity index (χ2v) is 3.81. The highest BCUT2D eigenvalue weighted by Gasteiger charge is 2.02. The molecule has 2 aromatic rings. The summed E-state index contributed by atoms with van der Waals surface area (Å²) in [6.07, 6.45) is 3.79. The van der Waals surface area contributed by atoms with Crippen molar-refractivity contribution in [1.29, 1.82) is 0 Å². The fourth-order valence-corrected chi connectivity index (χ4v) is 1.77. The van der Waals surface area contributed by atoms with Gasteiger partial charge in [-0.3, -0.25) is 4.98 Å². The van der Waals surface area contributed by atoms with E-state index in [1.54, 1.807) is 11.3 Å². The van der Waals surface area contributed by atoms with Crippen LogP contribution in [0.1, 0.15) is 10.6 Å². The third kappa shape index (κ3) is 1.70. The molecule has 0 amide bonds. The van der Waals surface area contributed by atoms with Gasteiger partial charge in [0.25, 0.3) is 0 Å². The number of nitrogens with two attached hydrogens (primary N) is 1. The third-order valence-corrected chi connectivity index (χ3v) is 2.50. The highest BCUT2D eigenvalue weighted by molar-refractivity contribution is 7.09. The number of rotatable bonds is 2. The number of aryl methyl sites for hydroxylation is 1. The summed E-state index contributed by atoms with van der Waals surface area (Å²) in [6.45, 7) is 2.69. The molecule has 68 valence electrons. The van der Waals surface area contributed by atoms with Crippen molar-refractivity contribution in [3.8, 4) is 0 Å². The van der Waals surface area contributed by atoms with E-state index < -0.39 is 0 Å². The molecule has 5 heteroatoms. The topological polar surface area (TPSA) is 56.7 Å². The largest absolute Gasteiger partial charge is 0.369 e. The lowest BCUT2D eigenvalue weighted by molar-refractivity contribution is 0.821. The minimum absolute atomic E-state index is 0.561. The Balaban J connectivity index is 2.23. The molecule has 2 aromatic heterocycles. The smallest absolute Gasteiger partial charge is 0.200 e. The van der Waals surface area contributed by atoms with Crippen molar-refractivity contribution in [3.63, 3.8) is 0 Å². The molecule has 0 aliphatic carbocycles. The first kappa shape index (κ1) is 8.25. The van der Waals surface area contributed by atoms with Gasteiger partial charge in [0, 0.05) is 17.3 Å².